The molecule has 4 heteroatoms. The Balaban J connectivity index is 2.39. The van der Waals surface area contributed by atoms with Crippen LogP contribution in [0.5, 0.6) is 5.75 Å². The lowest BCUT2D eigenvalue weighted by Gasteiger charge is -2.04. The van der Waals surface area contributed by atoms with E-state index < -0.39 is 10.8 Å². The minimum atomic E-state index is -1.26. The Morgan fingerprint density at radius 2 is 1.69 bits per heavy atom. The lowest BCUT2D eigenvalue weighted by atomic mass is 10.3. The number of phenols is 1. The Bertz CT molecular complexity index is 526. The van der Waals surface area contributed by atoms with Gasteiger partial charge in [-0.3, -0.25) is 0 Å². The van der Waals surface area contributed by atoms with E-state index >= 15 is 0 Å². The molecule has 3 N–H and O–H groups in total. The van der Waals surface area contributed by atoms with E-state index in [1.807, 2.05) is 18.2 Å². The lowest BCUT2D eigenvalue weighted by molar-refractivity contribution is 0.477. The predicted octanol–water partition coefficient (Wildman–Crippen LogP) is 2.14. The van der Waals surface area contributed by atoms with Crippen molar-refractivity contribution in [3.63, 3.8) is 0 Å². The van der Waals surface area contributed by atoms with Gasteiger partial charge in [-0.15, -0.1) is 0 Å². The Morgan fingerprint density at radius 3 is 2.31 bits per heavy atom. The van der Waals surface area contributed by atoms with Crippen LogP contribution < -0.4 is 5.73 Å². The molecule has 0 spiro atoms. The molecule has 0 bridgehead atoms. The zero-order chi connectivity index (χ0) is 11.5. The molecule has 0 aliphatic rings. The molecule has 0 radical (unpaired) electrons. The smallest absolute Gasteiger partial charge is 0.138 e. The monoisotopic (exact) mass is 233 g/mol. The fourth-order valence-corrected chi connectivity index (χ4v) is 2.43. The molecule has 0 fully saturated rings. The summed E-state index contributed by atoms with van der Waals surface area (Å²) in [5.41, 5.74) is 5.79. The van der Waals surface area contributed by atoms with Gasteiger partial charge in [-0.25, -0.2) is 4.21 Å². The largest absolute Gasteiger partial charge is 0.506 e. The lowest BCUT2D eigenvalue weighted by Crippen LogP contribution is -1.94. The van der Waals surface area contributed by atoms with E-state index in [0.29, 0.717) is 9.79 Å². The van der Waals surface area contributed by atoms with Gasteiger partial charge in [-0.2, -0.15) is 0 Å². The van der Waals surface area contributed by atoms with Crippen LogP contribution in [0.3, 0.4) is 0 Å². The van der Waals surface area contributed by atoms with Crippen molar-refractivity contribution in [2.75, 3.05) is 5.73 Å². The number of rotatable bonds is 2. The first kappa shape index (κ1) is 10.7. The number of hydrogen-bond donors (Lipinski definition) is 2. The molecule has 2 aromatic carbocycles. The normalized spacial score (nSPS) is 12.2. The maximum atomic E-state index is 12.1. The van der Waals surface area contributed by atoms with Crippen LogP contribution >= 0.6 is 0 Å². The summed E-state index contributed by atoms with van der Waals surface area (Å²) in [6.45, 7) is 0. The van der Waals surface area contributed by atoms with Crippen molar-refractivity contribution in [2.45, 2.75) is 9.79 Å². The molecule has 0 amide bonds. The van der Waals surface area contributed by atoms with E-state index in [2.05, 4.69) is 0 Å². The highest BCUT2D eigenvalue weighted by Gasteiger charge is 2.08. The van der Waals surface area contributed by atoms with Crippen molar-refractivity contribution >= 4 is 16.5 Å². The molecule has 1 atom stereocenters. The van der Waals surface area contributed by atoms with Gasteiger partial charge in [0.2, 0.25) is 0 Å². The summed E-state index contributed by atoms with van der Waals surface area (Å²) in [4.78, 5) is 1.30. The van der Waals surface area contributed by atoms with E-state index in [4.69, 9.17) is 5.73 Å². The predicted molar refractivity (Wildman–Crippen MR) is 63.6 cm³/mol. The Hall–Kier alpha value is -1.81. The minimum absolute atomic E-state index is 0.00816. The second-order valence-electron chi connectivity index (χ2n) is 3.30. The highest BCUT2D eigenvalue weighted by Crippen LogP contribution is 2.24. The zero-order valence-electron chi connectivity index (χ0n) is 8.46. The van der Waals surface area contributed by atoms with Gasteiger partial charge in [0.25, 0.3) is 0 Å². The van der Waals surface area contributed by atoms with Crippen molar-refractivity contribution in [1.82, 2.24) is 0 Å². The molecule has 0 aliphatic heterocycles. The maximum absolute atomic E-state index is 12.1. The van der Waals surface area contributed by atoms with Crippen molar-refractivity contribution in [3.05, 3.63) is 48.5 Å². The fourth-order valence-electron chi connectivity index (χ4n) is 1.33. The van der Waals surface area contributed by atoms with Gasteiger partial charge in [0.15, 0.2) is 0 Å². The number of nitrogen functional groups attached to an aromatic ring is 1. The van der Waals surface area contributed by atoms with Crippen LogP contribution in [0.4, 0.5) is 5.69 Å². The van der Waals surface area contributed by atoms with Gasteiger partial charge in [0.05, 0.1) is 16.5 Å². The summed E-state index contributed by atoms with van der Waals surface area (Å²) in [5.74, 6) is 0.00816. The topological polar surface area (TPSA) is 63.3 Å². The highest BCUT2D eigenvalue weighted by atomic mass is 32.2. The van der Waals surface area contributed by atoms with Crippen LogP contribution in [0.1, 0.15) is 0 Å². The van der Waals surface area contributed by atoms with E-state index in [1.54, 1.807) is 18.2 Å². The summed E-state index contributed by atoms with van der Waals surface area (Å²) in [5, 5.41) is 9.27. The maximum Gasteiger partial charge on any atom is 0.138 e. The SMILES string of the molecule is Nc1cc(S(=O)c2ccccc2)ccc1O. The third kappa shape index (κ3) is 2.06. The molecule has 82 valence electrons. The Morgan fingerprint density at radius 1 is 1.00 bits per heavy atom. The zero-order valence-corrected chi connectivity index (χ0v) is 9.28. The second kappa shape index (κ2) is 4.37. The number of hydrogen-bond acceptors (Lipinski definition) is 3. The van der Waals surface area contributed by atoms with Crippen molar-refractivity contribution in [1.29, 1.82) is 0 Å². The standard InChI is InChI=1S/C12H11NO2S/c13-11-8-10(6-7-12(11)14)16(15)9-4-2-1-3-5-9/h1-8,14H,13H2. The Labute approximate surface area is 96.0 Å². The molecule has 1 unspecified atom stereocenters. The van der Waals surface area contributed by atoms with Gasteiger partial charge >= 0.3 is 0 Å². The van der Waals surface area contributed by atoms with Crippen LogP contribution in [0, 0.1) is 0 Å². The van der Waals surface area contributed by atoms with Crippen LogP contribution in [0.15, 0.2) is 58.3 Å². The van der Waals surface area contributed by atoms with Crippen LogP contribution in [-0.2, 0) is 10.8 Å². The first-order valence-electron chi connectivity index (χ1n) is 4.74. The van der Waals surface area contributed by atoms with E-state index in [-0.39, 0.29) is 11.4 Å². The third-order valence-corrected chi connectivity index (χ3v) is 3.55. The highest BCUT2D eigenvalue weighted by molar-refractivity contribution is 7.85. The quantitative estimate of drug-likeness (QED) is 0.617. The van der Waals surface area contributed by atoms with Gasteiger partial charge in [-0.1, -0.05) is 18.2 Å². The van der Waals surface area contributed by atoms with Crippen LogP contribution in [0.2, 0.25) is 0 Å². The molecule has 0 saturated heterocycles. The molecule has 0 aromatic heterocycles. The van der Waals surface area contributed by atoms with Crippen molar-refractivity contribution < 1.29 is 9.32 Å². The minimum Gasteiger partial charge on any atom is -0.506 e. The average Bonchev–Trinajstić information content (AvgIpc) is 2.33. The van der Waals surface area contributed by atoms with Crippen LogP contribution in [-0.4, -0.2) is 9.32 Å². The van der Waals surface area contributed by atoms with Gasteiger partial charge in [0.1, 0.15) is 5.75 Å². The van der Waals surface area contributed by atoms with Crippen LogP contribution in [0.25, 0.3) is 0 Å². The molecule has 3 nitrogen and oxygen atoms in total. The van der Waals surface area contributed by atoms with E-state index in [1.165, 1.54) is 12.1 Å². The average molecular weight is 233 g/mol. The molecule has 2 aromatic rings. The molecular weight excluding hydrogens is 222 g/mol. The summed E-state index contributed by atoms with van der Waals surface area (Å²) in [6.07, 6.45) is 0. The van der Waals surface area contributed by atoms with Gasteiger partial charge in [0, 0.05) is 9.79 Å². The number of aromatic hydroxyl groups is 1. The summed E-state index contributed by atoms with van der Waals surface area (Å²) in [6, 6.07) is 13.7. The first-order chi connectivity index (χ1) is 7.68. The van der Waals surface area contributed by atoms with E-state index in [9.17, 15) is 9.32 Å². The molecule has 16 heavy (non-hydrogen) atoms. The Kier molecular flexibility index (Phi) is 2.92. The molecule has 2 rings (SSSR count). The summed E-state index contributed by atoms with van der Waals surface area (Å²) in [7, 11) is -1.26. The van der Waals surface area contributed by atoms with Gasteiger partial charge < -0.3 is 10.8 Å². The molecule has 0 aliphatic carbocycles. The van der Waals surface area contributed by atoms with Gasteiger partial charge in [-0.05, 0) is 30.3 Å². The number of nitrogens with two attached hydrogens (primary N) is 1. The molecular formula is C12H11NO2S. The fraction of sp³-hybridized carbons (Fsp3) is 0. The summed E-state index contributed by atoms with van der Waals surface area (Å²) < 4.78 is 12.1. The van der Waals surface area contributed by atoms with Crippen molar-refractivity contribution in [2.24, 2.45) is 0 Å². The molecule has 0 saturated carbocycles. The number of phenolic OH excluding ortho intramolecular Hbond substituents is 1. The number of benzene rings is 2. The molecule has 0 heterocycles. The number of anilines is 1. The third-order valence-electron chi connectivity index (χ3n) is 2.17. The van der Waals surface area contributed by atoms with Crippen molar-refractivity contribution in [3.8, 4) is 5.75 Å². The first-order valence-corrected chi connectivity index (χ1v) is 5.89. The van der Waals surface area contributed by atoms with E-state index in [0.717, 1.165) is 0 Å². The second-order valence-corrected chi connectivity index (χ2v) is 4.78. The summed E-state index contributed by atoms with van der Waals surface area (Å²) >= 11 is 0.